The van der Waals surface area contributed by atoms with E-state index in [0.29, 0.717) is 21.9 Å². The topological polar surface area (TPSA) is 26.0 Å². The van der Waals surface area contributed by atoms with Gasteiger partial charge in [-0.1, -0.05) is 43.1 Å². The normalized spacial score (nSPS) is 33.7. The first kappa shape index (κ1) is 13.2. The number of hydrogen-bond acceptors (Lipinski definition) is 1. The fraction of sp³-hybridized carbons (Fsp3) is 0.571. The molecule has 1 saturated carbocycles. The molecule has 94 valence electrons. The molecule has 1 nitrogen and oxygen atoms in total. The first-order chi connectivity index (χ1) is 7.90. The van der Waals surface area contributed by atoms with Crippen LogP contribution < -0.4 is 5.73 Å². The Morgan fingerprint density at radius 1 is 1.12 bits per heavy atom. The van der Waals surface area contributed by atoms with Gasteiger partial charge in [-0.05, 0) is 48.8 Å². The summed E-state index contributed by atoms with van der Waals surface area (Å²) in [4.78, 5) is 0. The molecule has 0 radical (unpaired) electrons. The highest BCUT2D eigenvalue weighted by atomic mass is 35.5. The first-order valence-corrected chi connectivity index (χ1v) is 6.91. The van der Waals surface area contributed by atoms with E-state index in [-0.39, 0.29) is 5.54 Å². The van der Waals surface area contributed by atoms with Crippen molar-refractivity contribution in [3.8, 4) is 0 Å². The van der Waals surface area contributed by atoms with Gasteiger partial charge in [-0.25, -0.2) is 0 Å². The minimum absolute atomic E-state index is 0.245. The fourth-order valence-corrected chi connectivity index (χ4v) is 3.52. The number of rotatable bonds is 1. The van der Waals surface area contributed by atoms with Crippen LogP contribution in [0.5, 0.6) is 0 Å². The maximum absolute atomic E-state index is 6.58. The third kappa shape index (κ3) is 2.78. The van der Waals surface area contributed by atoms with Gasteiger partial charge in [-0.3, -0.25) is 0 Å². The predicted molar refractivity (Wildman–Crippen MR) is 74.5 cm³/mol. The minimum Gasteiger partial charge on any atom is -0.321 e. The van der Waals surface area contributed by atoms with Gasteiger partial charge in [0.2, 0.25) is 0 Å². The molecule has 0 amide bonds. The zero-order valence-corrected chi connectivity index (χ0v) is 11.9. The van der Waals surface area contributed by atoms with Crippen molar-refractivity contribution >= 4 is 23.2 Å². The molecule has 2 unspecified atom stereocenters. The molecule has 0 saturated heterocycles. The highest BCUT2D eigenvalue weighted by Crippen LogP contribution is 2.41. The maximum atomic E-state index is 6.58. The van der Waals surface area contributed by atoms with E-state index in [1.54, 1.807) is 0 Å². The second kappa shape index (κ2) is 4.79. The molecule has 0 heterocycles. The molecule has 0 aliphatic heterocycles. The van der Waals surface area contributed by atoms with Gasteiger partial charge < -0.3 is 5.73 Å². The average molecular weight is 272 g/mol. The summed E-state index contributed by atoms with van der Waals surface area (Å²) in [6.45, 7) is 4.55. The maximum Gasteiger partial charge on any atom is 0.0595 e. The van der Waals surface area contributed by atoms with Crippen molar-refractivity contribution < 1.29 is 0 Å². The second-order valence-corrected chi connectivity index (χ2v) is 6.45. The van der Waals surface area contributed by atoms with E-state index >= 15 is 0 Å². The number of benzene rings is 1. The molecule has 17 heavy (non-hydrogen) atoms. The Morgan fingerprint density at radius 2 is 1.71 bits per heavy atom. The number of hydrogen-bond donors (Lipinski definition) is 1. The number of halogens is 2. The molecule has 3 heteroatoms. The Morgan fingerprint density at radius 3 is 2.24 bits per heavy atom. The summed E-state index contributed by atoms with van der Waals surface area (Å²) < 4.78 is 0. The summed E-state index contributed by atoms with van der Waals surface area (Å²) in [5, 5.41) is 1.19. The largest absolute Gasteiger partial charge is 0.321 e. The van der Waals surface area contributed by atoms with Crippen molar-refractivity contribution in [2.75, 3.05) is 0 Å². The standard InChI is InChI=1S/C14H19Cl2N/c1-9-5-10(2)8-14(17,7-9)11-3-4-12(15)13(16)6-11/h3-4,6,9-10H,5,7-8,17H2,1-2H3. The fourth-order valence-electron chi connectivity index (χ4n) is 3.22. The molecule has 0 bridgehead atoms. The molecule has 1 aromatic rings. The summed E-state index contributed by atoms with van der Waals surface area (Å²) in [6.07, 6.45) is 3.31. The van der Waals surface area contributed by atoms with Gasteiger partial charge in [0.25, 0.3) is 0 Å². The predicted octanol–water partition coefficient (Wildman–Crippen LogP) is 4.60. The van der Waals surface area contributed by atoms with Gasteiger partial charge in [-0.15, -0.1) is 0 Å². The summed E-state index contributed by atoms with van der Waals surface area (Å²) in [7, 11) is 0. The zero-order valence-electron chi connectivity index (χ0n) is 10.3. The molecule has 1 aromatic carbocycles. The molecule has 1 aliphatic rings. The van der Waals surface area contributed by atoms with Crippen LogP contribution >= 0.6 is 23.2 Å². The van der Waals surface area contributed by atoms with E-state index in [0.717, 1.165) is 18.4 Å². The van der Waals surface area contributed by atoms with E-state index in [1.165, 1.54) is 6.42 Å². The van der Waals surface area contributed by atoms with Crippen LogP contribution in [0, 0.1) is 11.8 Å². The summed E-state index contributed by atoms with van der Waals surface area (Å²) in [5.41, 5.74) is 7.45. The molecule has 0 aromatic heterocycles. The zero-order chi connectivity index (χ0) is 12.6. The van der Waals surface area contributed by atoms with Gasteiger partial charge in [0.15, 0.2) is 0 Å². The Hall–Kier alpha value is -0.240. The van der Waals surface area contributed by atoms with Crippen LogP contribution in [0.15, 0.2) is 18.2 Å². The van der Waals surface area contributed by atoms with Crippen LogP contribution in [0.1, 0.15) is 38.7 Å². The monoisotopic (exact) mass is 271 g/mol. The highest BCUT2D eigenvalue weighted by Gasteiger charge is 2.36. The lowest BCUT2D eigenvalue weighted by atomic mass is 9.69. The molecule has 2 atom stereocenters. The molecule has 0 spiro atoms. The first-order valence-electron chi connectivity index (χ1n) is 6.15. The van der Waals surface area contributed by atoms with Crippen LogP contribution in [0.25, 0.3) is 0 Å². The molecule has 1 fully saturated rings. The van der Waals surface area contributed by atoms with Gasteiger partial charge in [0, 0.05) is 5.54 Å². The molecule has 1 aliphatic carbocycles. The quantitative estimate of drug-likeness (QED) is 0.794. The third-order valence-electron chi connectivity index (χ3n) is 3.72. The molecule has 2 N–H and O–H groups in total. The Kier molecular flexibility index (Phi) is 3.72. The Labute approximate surface area is 113 Å². The van der Waals surface area contributed by atoms with Crippen molar-refractivity contribution in [2.24, 2.45) is 17.6 Å². The Bertz CT molecular complexity index is 407. The Balaban J connectivity index is 2.33. The molecular weight excluding hydrogens is 253 g/mol. The van der Waals surface area contributed by atoms with Crippen LogP contribution in [0.2, 0.25) is 10.0 Å². The smallest absolute Gasteiger partial charge is 0.0595 e. The van der Waals surface area contributed by atoms with E-state index < -0.39 is 0 Å². The van der Waals surface area contributed by atoms with Crippen molar-refractivity contribution in [2.45, 2.75) is 38.6 Å². The minimum atomic E-state index is -0.245. The van der Waals surface area contributed by atoms with Crippen LogP contribution in [0.3, 0.4) is 0 Å². The lowest BCUT2D eigenvalue weighted by Gasteiger charge is -2.40. The van der Waals surface area contributed by atoms with Gasteiger partial charge >= 0.3 is 0 Å². The van der Waals surface area contributed by atoms with Crippen molar-refractivity contribution in [1.82, 2.24) is 0 Å². The summed E-state index contributed by atoms with van der Waals surface area (Å²) in [6, 6.07) is 5.78. The SMILES string of the molecule is CC1CC(C)CC(N)(c2ccc(Cl)c(Cl)c2)C1. The second-order valence-electron chi connectivity index (χ2n) is 5.64. The van der Waals surface area contributed by atoms with Gasteiger partial charge in [0.1, 0.15) is 0 Å². The summed E-state index contributed by atoms with van der Waals surface area (Å²) >= 11 is 12.0. The van der Waals surface area contributed by atoms with Crippen LogP contribution in [-0.2, 0) is 5.54 Å². The van der Waals surface area contributed by atoms with Crippen molar-refractivity contribution in [3.05, 3.63) is 33.8 Å². The van der Waals surface area contributed by atoms with E-state index in [1.807, 2.05) is 18.2 Å². The van der Waals surface area contributed by atoms with Crippen LogP contribution in [0.4, 0.5) is 0 Å². The van der Waals surface area contributed by atoms with E-state index in [2.05, 4.69) is 13.8 Å². The van der Waals surface area contributed by atoms with E-state index in [9.17, 15) is 0 Å². The van der Waals surface area contributed by atoms with Crippen LogP contribution in [-0.4, -0.2) is 0 Å². The summed E-state index contributed by atoms with van der Waals surface area (Å²) in [5.74, 6) is 1.33. The van der Waals surface area contributed by atoms with Crippen molar-refractivity contribution in [1.29, 1.82) is 0 Å². The third-order valence-corrected chi connectivity index (χ3v) is 4.46. The average Bonchev–Trinajstić information content (AvgIpc) is 2.19. The molecule has 2 rings (SSSR count). The highest BCUT2D eigenvalue weighted by molar-refractivity contribution is 6.42. The number of nitrogens with two attached hydrogens (primary N) is 1. The molecular formula is C14H19Cl2N. The van der Waals surface area contributed by atoms with Gasteiger partial charge in [-0.2, -0.15) is 0 Å². The lowest BCUT2D eigenvalue weighted by molar-refractivity contribution is 0.183. The van der Waals surface area contributed by atoms with Gasteiger partial charge in [0.05, 0.1) is 10.0 Å². The van der Waals surface area contributed by atoms with E-state index in [4.69, 9.17) is 28.9 Å². The lowest BCUT2D eigenvalue weighted by Crippen LogP contribution is -2.43. The van der Waals surface area contributed by atoms with Crippen molar-refractivity contribution in [3.63, 3.8) is 0 Å².